The van der Waals surface area contributed by atoms with Gasteiger partial charge in [-0.25, -0.2) is 14.9 Å². The number of rotatable bonds is 4. The van der Waals surface area contributed by atoms with Crippen molar-refractivity contribution in [2.75, 3.05) is 24.3 Å². The molecule has 0 amide bonds. The van der Waals surface area contributed by atoms with Crippen LogP contribution in [0.15, 0.2) is 4.79 Å². The first kappa shape index (κ1) is 13.1. The van der Waals surface area contributed by atoms with Crippen molar-refractivity contribution >= 4 is 11.8 Å². The number of anilines is 2. The lowest BCUT2D eigenvalue weighted by Gasteiger charge is -2.15. The van der Waals surface area contributed by atoms with Gasteiger partial charge in [-0.3, -0.25) is 4.98 Å². The molecule has 0 aliphatic heterocycles. The minimum absolute atomic E-state index is 0.318. The molecule has 8 nitrogen and oxygen atoms in total. The Balaban J connectivity index is 2.21. The first-order valence-electron chi connectivity index (χ1n) is 5.87. The van der Waals surface area contributed by atoms with Crippen LogP contribution < -0.4 is 15.9 Å². The summed E-state index contributed by atoms with van der Waals surface area (Å²) in [7, 11) is 3.78. The van der Waals surface area contributed by atoms with E-state index in [1.165, 1.54) is 0 Å². The van der Waals surface area contributed by atoms with Crippen LogP contribution in [0.5, 0.6) is 0 Å². The van der Waals surface area contributed by atoms with Gasteiger partial charge in [0.05, 0.1) is 6.54 Å². The third kappa shape index (κ3) is 2.90. The summed E-state index contributed by atoms with van der Waals surface area (Å²) >= 11 is 0. The van der Waals surface area contributed by atoms with Gasteiger partial charge < -0.3 is 10.2 Å². The highest BCUT2D eigenvalue weighted by Gasteiger charge is 2.09. The van der Waals surface area contributed by atoms with Gasteiger partial charge in [-0.15, -0.1) is 0 Å². The van der Waals surface area contributed by atoms with Crippen LogP contribution in [0.2, 0.25) is 0 Å². The van der Waals surface area contributed by atoms with Crippen molar-refractivity contribution in [1.29, 1.82) is 0 Å². The van der Waals surface area contributed by atoms with Crippen LogP contribution in [-0.2, 0) is 6.54 Å². The maximum absolute atomic E-state index is 10.9. The lowest BCUT2D eigenvalue weighted by molar-refractivity contribution is 0.921. The van der Waals surface area contributed by atoms with Gasteiger partial charge >= 0.3 is 5.69 Å². The fourth-order valence-corrected chi connectivity index (χ4v) is 1.54. The molecule has 0 saturated heterocycles. The summed E-state index contributed by atoms with van der Waals surface area (Å²) in [6.45, 7) is 4.28. The molecule has 0 fully saturated rings. The van der Waals surface area contributed by atoms with Crippen LogP contribution >= 0.6 is 0 Å². The second-order valence-electron chi connectivity index (χ2n) is 4.46. The molecule has 0 unspecified atom stereocenters. The Morgan fingerprint density at radius 1 is 1.26 bits per heavy atom. The maximum atomic E-state index is 10.9. The molecule has 2 aromatic rings. The van der Waals surface area contributed by atoms with Crippen LogP contribution in [0.25, 0.3) is 0 Å². The summed E-state index contributed by atoms with van der Waals surface area (Å²) in [6, 6.07) is 0. The molecule has 19 heavy (non-hydrogen) atoms. The number of aromatic amines is 2. The van der Waals surface area contributed by atoms with Gasteiger partial charge in [0.15, 0.2) is 0 Å². The predicted molar refractivity (Wildman–Crippen MR) is 72.4 cm³/mol. The minimum atomic E-state index is -0.318. The van der Waals surface area contributed by atoms with Crippen molar-refractivity contribution in [2.24, 2.45) is 0 Å². The Labute approximate surface area is 110 Å². The van der Waals surface area contributed by atoms with E-state index in [2.05, 4.69) is 30.5 Å². The average molecular weight is 263 g/mol. The fraction of sp³-hybridized carbons (Fsp3) is 0.455. The zero-order chi connectivity index (χ0) is 14.0. The highest BCUT2D eigenvalue weighted by Crippen LogP contribution is 2.18. The van der Waals surface area contributed by atoms with Crippen LogP contribution in [0.1, 0.15) is 17.1 Å². The van der Waals surface area contributed by atoms with E-state index in [0.29, 0.717) is 18.3 Å². The van der Waals surface area contributed by atoms with Crippen molar-refractivity contribution < 1.29 is 0 Å². The standard InChI is InChI=1S/C11H17N7O/c1-6-7(2)13-10(18(3)4)15-9(6)12-5-8-14-11(19)17-16-8/h5H2,1-4H3,(H,12,13,15)(H2,14,16,17,19). The van der Waals surface area contributed by atoms with E-state index in [0.717, 1.165) is 17.1 Å². The van der Waals surface area contributed by atoms with Crippen LogP contribution in [0.3, 0.4) is 0 Å². The van der Waals surface area contributed by atoms with E-state index < -0.39 is 0 Å². The highest BCUT2D eigenvalue weighted by molar-refractivity contribution is 5.50. The topological polar surface area (TPSA) is 103 Å². The van der Waals surface area contributed by atoms with Crippen LogP contribution in [-0.4, -0.2) is 39.2 Å². The number of nitrogens with one attached hydrogen (secondary N) is 3. The summed E-state index contributed by atoms with van der Waals surface area (Å²) in [4.78, 5) is 24.2. The van der Waals surface area contributed by atoms with Gasteiger partial charge in [0.25, 0.3) is 0 Å². The van der Waals surface area contributed by atoms with Gasteiger partial charge in [0.1, 0.15) is 11.6 Å². The summed E-state index contributed by atoms with van der Waals surface area (Å²) in [6.07, 6.45) is 0. The Morgan fingerprint density at radius 2 is 2.00 bits per heavy atom. The molecule has 0 bridgehead atoms. The van der Waals surface area contributed by atoms with Crippen LogP contribution in [0.4, 0.5) is 11.8 Å². The molecule has 2 aromatic heterocycles. The number of aromatic nitrogens is 5. The number of aryl methyl sites for hydroxylation is 1. The fourth-order valence-electron chi connectivity index (χ4n) is 1.54. The Hall–Kier alpha value is -2.38. The summed E-state index contributed by atoms with van der Waals surface area (Å²) in [5.41, 5.74) is 1.57. The molecule has 0 aliphatic rings. The average Bonchev–Trinajstić information content (AvgIpc) is 2.76. The van der Waals surface area contributed by atoms with Gasteiger partial charge in [-0.2, -0.15) is 10.1 Å². The van der Waals surface area contributed by atoms with Gasteiger partial charge in [0.2, 0.25) is 5.95 Å². The largest absolute Gasteiger partial charge is 0.362 e. The number of H-pyrrole nitrogens is 2. The monoisotopic (exact) mass is 263 g/mol. The minimum Gasteiger partial charge on any atom is -0.362 e. The molecular formula is C11H17N7O. The molecule has 3 N–H and O–H groups in total. The Morgan fingerprint density at radius 3 is 2.58 bits per heavy atom. The van der Waals surface area contributed by atoms with Crippen molar-refractivity contribution in [1.82, 2.24) is 25.1 Å². The smallest absolute Gasteiger partial charge is 0.340 e. The lowest BCUT2D eigenvalue weighted by atomic mass is 10.2. The maximum Gasteiger partial charge on any atom is 0.340 e. The van der Waals surface area contributed by atoms with Gasteiger partial charge in [0, 0.05) is 25.4 Å². The van der Waals surface area contributed by atoms with Crippen molar-refractivity contribution in [3.05, 3.63) is 27.6 Å². The third-order valence-corrected chi connectivity index (χ3v) is 2.75. The Bertz CT molecular complexity index is 628. The molecule has 0 atom stereocenters. The Kier molecular flexibility index (Phi) is 3.50. The van der Waals surface area contributed by atoms with Crippen LogP contribution in [0, 0.1) is 13.8 Å². The molecule has 0 radical (unpaired) electrons. The van der Waals surface area contributed by atoms with Crippen molar-refractivity contribution in [3.63, 3.8) is 0 Å². The van der Waals surface area contributed by atoms with E-state index >= 15 is 0 Å². The second kappa shape index (κ2) is 5.09. The predicted octanol–water partition coefficient (Wildman–Crippen LogP) is 0.183. The quantitative estimate of drug-likeness (QED) is 0.727. The number of hydrogen-bond donors (Lipinski definition) is 3. The molecule has 2 heterocycles. The SMILES string of the molecule is Cc1nc(N(C)C)nc(NCc2n[nH]c(=O)[nH]2)c1C. The van der Waals surface area contributed by atoms with Crippen molar-refractivity contribution in [2.45, 2.75) is 20.4 Å². The molecular weight excluding hydrogens is 246 g/mol. The van der Waals surface area contributed by atoms with E-state index in [1.54, 1.807) is 0 Å². The summed E-state index contributed by atoms with van der Waals surface area (Å²) < 4.78 is 0. The first-order valence-corrected chi connectivity index (χ1v) is 5.87. The first-order chi connectivity index (χ1) is 8.97. The number of hydrogen-bond acceptors (Lipinski definition) is 6. The molecule has 0 aromatic carbocycles. The van der Waals surface area contributed by atoms with E-state index in [1.807, 2.05) is 32.8 Å². The lowest BCUT2D eigenvalue weighted by Crippen LogP contribution is -2.16. The van der Waals surface area contributed by atoms with Crippen molar-refractivity contribution in [3.8, 4) is 0 Å². The van der Waals surface area contributed by atoms with E-state index in [4.69, 9.17) is 0 Å². The molecule has 0 saturated carbocycles. The summed E-state index contributed by atoms with van der Waals surface area (Å²) in [5, 5.41) is 9.30. The van der Waals surface area contributed by atoms with E-state index in [-0.39, 0.29) is 5.69 Å². The normalized spacial score (nSPS) is 10.5. The molecule has 8 heteroatoms. The van der Waals surface area contributed by atoms with E-state index in [9.17, 15) is 4.79 Å². The zero-order valence-corrected chi connectivity index (χ0v) is 11.4. The molecule has 0 aliphatic carbocycles. The number of nitrogens with zero attached hydrogens (tertiary/aromatic N) is 4. The molecule has 2 rings (SSSR count). The van der Waals surface area contributed by atoms with Gasteiger partial charge in [-0.05, 0) is 13.8 Å². The second-order valence-corrected chi connectivity index (χ2v) is 4.46. The third-order valence-electron chi connectivity index (χ3n) is 2.75. The molecule has 0 spiro atoms. The van der Waals surface area contributed by atoms with Gasteiger partial charge in [-0.1, -0.05) is 0 Å². The molecule has 102 valence electrons. The zero-order valence-electron chi connectivity index (χ0n) is 11.4. The highest BCUT2D eigenvalue weighted by atomic mass is 16.1. The summed E-state index contributed by atoms with van der Waals surface area (Å²) in [5.74, 6) is 1.91.